The van der Waals surface area contributed by atoms with Crippen molar-refractivity contribution in [1.29, 1.82) is 0 Å². The van der Waals surface area contributed by atoms with Crippen molar-refractivity contribution < 1.29 is 18.7 Å². The zero-order valence-corrected chi connectivity index (χ0v) is 15.5. The number of hydrogen-bond donors (Lipinski definition) is 3. The second-order valence-electron chi connectivity index (χ2n) is 4.94. The molecule has 0 aliphatic heterocycles. The van der Waals surface area contributed by atoms with Crippen LogP contribution < -0.4 is 21.1 Å². The molecular formula is C15H13ClN4O4S2. The van der Waals surface area contributed by atoms with Gasteiger partial charge in [0.25, 0.3) is 5.91 Å². The minimum absolute atomic E-state index is 0.0193. The first-order valence-corrected chi connectivity index (χ1v) is 9.23. The number of carbonyl (C=O) groups excluding carboxylic acids is 2. The van der Waals surface area contributed by atoms with Gasteiger partial charge in [-0.25, -0.2) is 4.79 Å². The lowest BCUT2D eigenvalue weighted by Crippen LogP contribution is -2.28. The Morgan fingerprint density at radius 3 is 2.85 bits per heavy atom. The van der Waals surface area contributed by atoms with Gasteiger partial charge in [-0.05, 0) is 35.8 Å². The topological polar surface area (TPSA) is 119 Å². The van der Waals surface area contributed by atoms with Crippen molar-refractivity contribution in [2.45, 2.75) is 13.2 Å². The van der Waals surface area contributed by atoms with E-state index >= 15 is 0 Å². The molecule has 0 fully saturated rings. The lowest BCUT2D eigenvalue weighted by atomic mass is 10.3. The summed E-state index contributed by atoms with van der Waals surface area (Å²) in [6.45, 7) is 0.386. The number of urea groups is 1. The monoisotopic (exact) mass is 412 g/mol. The Kier molecular flexibility index (Phi) is 5.76. The van der Waals surface area contributed by atoms with E-state index in [0.717, 1.165) is 16.4 Å². The van der Waals surface area contributed by atoms with Gasteiger partial charge in [-0.15, -0.1) is 11.3 Å². The van der Waals surface area contributed by atoms with Crippen molar-refractivity contribution in [2.24, 2.45) is 5.73 Å². The summed E-state index contributed by atoms with van der Waals surface area (Å²) in [7, 11) is 0. The van der Waals surface area contributed by atoms with Crippen LogP contribution in [0.3, 0.4) is 0 Å². The summed E-state index contributed by atoms with van der Waals surface area (Å²) in [6, 6.07) is 6.48. The van der Waals surface area contributed by atoms with Gasteiger partial charge in [0, 0.05) is 4.88 Å². The maximum atomic E-state index is 12.0. The molecule has 3 aromatic heterocycles. The van der Waals surface area contributed by atoms with E-state index in [1.54, 1.807) is 18.2 Å². The molecular weight excluding hydrogens is 400 g/mol. The highest BCUT2D eigenvalue weighted by Crippen LogP contribution is 2.31. The molecule has 8 nitrogen and oxygen atoms in total. The molecule has 0 spiro atoms. The van der Waals surface area contributed by atoms with Crippen LogP contribution in [0.25, 0.3) is 0 Å². The standard InChI is InChI=1S/C15H13ClN4O4S2/c16-10-4-3-9(25-10)7-24-13-11(12(17)21)14(26-20-13)19-15(22)18-6-8-2-1-5-23-8/h1-5H,6-7H2,(H2,17,21)(H2,18,19,22). The van der Waals surface area contributed by atoms with Crippen LogP contribution >= 0.6 is 34.5 Å². The molecule has 0 bridgehead atoms. The molecule has 11 heteroatoms. The second kappa shape index (κ2) is 8.21. The number of amides is 3. The SMILES string of the molecule is NC(=O)c1c(OCc2ccc(Cl)s2)nsc1NC(=O)NCc1ccco1. The van der Waals surface area contributed by atoms with Gasteiger partial charge in [-0.3, -0.25) is 10.1 Å². The zero-order valence-electron chi connectivity index (χ0n) is 13.2. The van der Waals surface area contributed by atoms with E-state index in [9.17, 15) is 9.59 Å². The summed E-state index contributed by atoms with van der Waals surface area (Å²) in [5.74, 6) is -0.0918. The van der Waals surface area contributed by atoms with Gasteiger partial charge in [0.1, 0.15) is 22.9 Å². The minimum Gasteiger partial charge on any atom is -0.471 e. The Labute approximate surface area is 161 Å². The van der Waals surface area contributed by atoms with Crippen molar-refractivity contribution in [3.8, 4) is 5.88 Å². The Balaban J connectivity index is 1.64. The van der Waals surface area contributed by atoms with Gasteiger partial charge < -0.3 is 20.2 Å². The van der Waals surface area contributed by atoms with Crippen molar-refractivity contribution in [1.82, 2.24) is 9.69 Å². The maximum absolute atomic E-state index is 12.0. The third kappa shape index (κ3) is 4.54. The van der Waals surface area contributed by atoms with Crippen LogP contribution in [-0.2, 0) is 13.2 Å². The molecule has 0 unspecified atom stereocenters. The average Bonchev–Trinajstić information content (AvgIpc) is 3.32. The van der Waals surface area contributed by atoms with Crippen LogP contribution in [0.1, 0.15) is 21.0 Å². The lowest BCUT2D eigenvalue weighted by molar-refractivity contribution is 0.0997. The minimum atomic E-state index is -0.751. The van der Waals surface area contributed by atoms with Gasteiger partial charge in [0.15, 0.2) is 0 Å². The highest BCUT2D eigenvalue weighted by atomic mass is 35.5. The number of thiophene rings is 1. The van der Waals surface area contributed by atoms with E-state index < -0.39 is 11.9 Å². The van der Waals surface area contributed by atoms with Gasteiger partial charge >= 0.3 is 6.03 Å². The molecule has 3 amide bonds. The molecule has 3 aromatic rings. The molecule has 0 atom stereocenters. The number of hydrogen-bond acceptors (Lipinski definition) is 7. The maximum Gasteiger partial charge on any atom is 0.320 e. The molecule has 3 heterocycles. The van der Waals surface area contributed by atoms with Crippen LogP contribution in [0, 0.1) is 0 Å². The molecule has 0 saturated heterocycles. The predicted octanol–water partition coefficient (Wildman–Crippen LogP) is 3.45. The van der Waals surface area contributed by atoms with Crippen LogP contribution in [-0.4, -0.2) is 16.3 Å². The van der Waals surface area contributed by atoms with Crippen molar-refractivity contribution >= 4 is 51.4 Å². The fourth-order valence-corrected chi connectivity index (χ4v) is 3.71. The summed E-state index contributed by atoms with van der Waals surface area (Å²) >= 11 is 8.12. The number of nitrogens with zero attached hydrogens (tertiary/aromatic N) is 1. The molecule has 3 rings (SSSR count). The number of nitrogens with two attached hydrogens (primary N) is 1. The van der Waals surface area contributed by atoms with Gasteiger partial charge in [-0.1, -0.05) is 11.6 Å². The van der Waals surface area contributed by atoms with E-state index in [1.807, 2.05) is 6.07 Å². The van der Waals surface area contributed by atoms with E-state index in [0.29, 0.717) is 10.1 Å². The average molecular weight is 413 g/mol. The first-order chi connectivity index (χ1) is 12.5. The third-order valence-electron chi connectivity index (χ3n) is 3.12. The van der Waals surface area contributed by atoms with E-state index in [-0.39, 0.29) is 29.6 Å². The quantitative estimate of drug-likeness (QED) is 0.549. The fraction of sp³-hybridized carbons (Fsp3) is 0.133. The molecule has 136 valence electrons. The molecule has 0 radical (unpaired) electrons. The number of primary amides is 1. The van der Waals surface area contributed by atoms with E-state index in [1.165, 1.54) is 17.6 Å². The van der Waals surface area contributed by atoms with Gasteiger partial charge in [-0.2, -0.15) is 4.37 Å². The van der Waals surface area contributed by atoms with Crippen LogP contribution in [0.4, 0.5) is 9.80 Å². The first-order valence-electron chi connectivity index (χ1n) is 7.26. The Bertz CT molecular complexity index is 907. The summed E-state index contributed by atoms with van der Waals surface area (Å²) in [6.07, 6.45) is 1.51. The summed E-state index contributed by atoms with van der Waals surface area (Å²) in [4.78, 5) is 24.6. The number of anilines is 1. The molecule has 0 aliphatic rings. The summed E-state index contributed by atoms with van der Waals surface area (Å²) in [5, 5.41) is 5.34. The van der Waals surface area contributed by atoms with Crippen molar-refractivity contribution in [2.75, 3.05) is 5.32 Å². The van der Waals surface area contributed by atoms with Crippen LogP contribution in [0.5, 0.6) is 5.88 Å². The number of aromatic nitrogens is 1. The molecule has 0 saturated carbocycles. The number of furan rings is 1. The predicted molar refractivity (Wildman–Crippen MR) is 98.9 cm³/mol. The highest BCUT2D eigenvalue weighted by Gasteiger charge is 2.22. The van der Waals surface area contributed by atoms with Gasteiger partial charge in [0.05, 0.1) is 17.1 Å². The van der Waals surface area contributed by atoms with Crippen LogP contribution in [0.15, 0.2) is 34.9 Å². The highest BCUT2D eigenvalue weighted by molar-refractivity contribution is 7.16. The number of halogens is 1. The Morgan fingerprint density at radius 1 is 1.35 bits per heavy atom. The largest absolute Gasteiger partial charge is 0.471 e. The van der Waals surface area contributed by atoms with E-state index in [4.69, 9.17) is 26.5 Å². The normalized spacial score (nSPS) is 10.5. The second-order valence-corrected chi connectivity index (χ2v) is 7.51. The number of ether oxygens (including phenoxy) is 1. The molecule has 4 N–H and O–H groups in total. The first kappa shape index (κ1) is 18.2. The molecule has 0 aromatic carbocycles. The van der Waals surface area contributed by atoms with Crippen LogP contribution in [0.2, 0.25) is 4.34 Å². The number of rotatable bonds is 7. The van der Waals surface area contributed by atoms with Crippen molar-refractivity contribution in [3.05, 3.63) is 51.1 Å². The van der Waals surface area contributed by atoms with Crippen molar-refractivity contribution in [3.63, 3.8) is 0 Å². The van der Waals surface area contributed by atoms with Gasteiger partial charge in [0.2, 0.25) is 5.88 Å². The lowest BCUT2D eigenvalue weighted by Gasteiger charge is -2.06. The molecule has 26 heavy (non-hydrogen) atoms. The fourth-order valence-electron chi connectivity index (χ4n) is 1.97. The smallest absolute Gasteiger partial charge is 0.320 e. The summed E-state index contributed by atoms with van der Waals surface area (Å²) < 4.78 is 15.3. The van der Waals surface area contributed by atoms with E-state index in [2.05, 4.69) is 15.0 Å². The Hall–Kier alpha value is -2.56. The Morgan fingerprint density at radius 2 is 2.19 bits per heavy atom. The third-order valence-corrected chi connectivity index (χ3v) is 5.07. The summed E-state index contributed by atoms with van der Waals surface area (Å²) in [5.41, 5.74) is 5.42. The number of carbonyl (C=O) groups is 2. The number of nitrogens with one attached hydrogen (secondary N) is 2. The molecule has 0 aliphatic carbocycles. The zero-order chi connectivity index (χ0) is 18.5.